The predicted molar refractivity (Wildman–Crippen MR) is 234 cm³/mol. The van der Waals surface area contributed by atoms with E-state index in [1.54, 1.807) is 0 Å². The summed E-state index contributed by atoms with van der Waals surface area (Å²) in [5.41, 5.74) is 33.2. The summed E-state index contributed by atoms with van der Waals surface area (Å²) >= 11 is 0. The van der Waals surface area contributed by atoms with Gasteiger partial charge in [0.25, 0.3) is 0 Å². The first kappa shape index (κ1) is 53.8. The van der Waals surface area contributed by atoms with E-state index >= 15 is 0 Å². The Morgan fingerprint density at radius 3 is 0.694 bits per heavy atom. The van der Waals surface area contributed by atoms with E-state index in [1.807, 2.05) is 0 Å². The second kappa shape index (κ2) is 30.8. The van der Waals surface area contributed by atoms with E-state index in [-0.39, 0.29) is 114 Å². The standard InChI is InChI=1S/C36H72N20O6/c37-15-3-1-9-21-27(57)53-25(13-7-19-49-35(43)44)31(61)56-24(12-6-18-48-34(41)42)30(60)52-22(10-2-4-16-38)28(58)54-26(14-8-20-50-36(45)46)32(62)55-23(29(59)51-21)11-5-17-47-33(39)40/h21-26H,1-20,37-38H2,(H,51,59)(H,52,60)(H,53,57)(H,54,58)(H,55,62)(H,56,61)(H4,39,40,47)(H4,41,42,48)(H4,43,44,49)(H4,45,46,50)/t21-,22-,23-,24-,25-,26-/m0/s1. The third-order valence-corrected chi connectivity index (χ3v) is 9.63. The molecular formula is C36H72N20O6. The molecule has 1 saturated heterocycles. The summed E-state index contributed by atoms with van der Waals surface area (Å²) in [6.45, 7) is 1.26. The number of nitrogens with one attached hydrogen (secondary N) is 14. The van der Waals surface area contributed by atoms with Gasteiger partial charge in [-0.1, -0.05) is 0 Å². The topological polar surface area (TPSA) is 474 Å². The summed E-state index contributed by atoms with van der Waals surface area (Å²) in [5, 5.41) is 56.8. The molecule has 0 aliphatic carbocycles. The van der Waals surface area contributed by atoms with Crippen molar-refractivity contribution in [3.8, 4) is 0 Å². The van der Waals surface area contributed by atoms with Gasteiger partial charge in [0.2, 0.25) is 35.4 Å². The van der Waals surface area contributed by atoms with Crippen LogP contribution in [-0.2, 0) is 28.8 Å². The largest absolute Gasteiger partial charge is 0.370 e. The van der Waals surface area contributed by atoms with Crippen molar-refractivity contribution < 1.29 is 28.8 Å². The third kappa shape index (κ3) is 23.6. The van der Waals surface area contributed by atoms with Crippen molar-refractivity contribution in [2.45, 2.75) is 126 Å². The molecule has 1 heterocycles. The van der Waals surface area contributed by atoms with Gasteiger partial charge >= 0.3 is 0 Å². The van der Waals surface area contributed by atoms with Crippen LogP contribution in [0, 0.1) is 21.6 Å². The zero-order valence-corrected chi connectivity index (χ0v) is 35.5. The smallest absolute Gasteiger partial charge is 0.243 e. The number of guanidine groups is 4. The van der Waals surface area contributed by atoms with Gasteiger partial charge in [0.1, 0.15) is 36.3 Å². The van der Waals surface area contributed by atoms with Crippen LogP contribution in [0.15, 0.2) is 0 Å². The summed E-state index contributed by atoms with van der Waals surface area (Å²) < 4.78 is 0. The lowest BCUT2D eigenvalue weighted by molar-refractivity contribution is -0.137. The maximum atomic E-state index is 14.1. The van der Waals surface area contributed by atoms with E-state index in [0.717, 1.165) is 0 Å². The highest BCUT2D eigenvalue weighted by Gasteiger charge is 2.34. The lowest BCUT2D eigenvalue weighted by atomic mass is 10.0. The number of rotatable bonds is 24. The first-order valence-corrected chi connectivity index (χ1v) is 21.0. The minimum absolute atomic E-state index is 0.0107. The number of hydrogen-bond donors (Lipinski definition) is 20. The van der Waals surface area contributed by atoms with Gasteiger partial charge in [0, 0.05) is 26.2 Å². The molecule has 26 heteroatoms. The molecule has 0 aromatic heterocycles. The minimum Gasteiger partial charge on any atom is -0.370 e. The molecule has 0 aromatic carbocycles. The van der Waals surface area contributed by atoms with Crippen LogP contribution < -0.4 is 87.6 Å². The fourth-order valence-corrected chi connectivity index (χ4v) is 6.35. The Morgan fingerprint density at radius 2 is 0.532 bits per heavy atom. The monoisotopic (exact) mass is 881 g/mol. The molecular weight excluding hydrogens is 809 g/mol. The number of carbonyl (C=O) groups is 6. The van der Waals surface area contributed by atoms with E-state index in [4.69, 9.17) is 56.0 Å². The summed E-state index contributed by atoms with van der Waals surface area (Å²) in [6, 6.07) is -7.47. The van der Waals surface area contributed by atoms with E-state index in [0.29, 0.717) is 38.8 Å². The maximum absolute atomic E-state index is 14.1. The Labute approximate surface area is 362 Å². The average Bonchev–Trinajstić information content (AvgIpc) is 3.20. The number of hydrogen-bond acceptors (Lipinski definition) is 12. The van der Waals surface area contributed by atoms with Crippen LogP contribution in [0.4, 0.5) is 0 Å². The van der Waals surface area contributed by atoms with Gasteiger partial charge < -0.3 is 87.6 Å². The number of nitrogens with two attached hydrogens (primary N) is 6. The molecule has 352 valence electrons. The quantitative estimate of drug-likeness (QED) is 0.0244. The third-order valence-electron chi connectivity index (χ3n) is 9.63. The molecule has 0 radical (unpaired) electrons. The molecule has 26 nitrogen and oxygen atoms in total. The van der Waals surface area contributed by atoms with Gasteiger partial charge in [-0.25, -0.2) is 0 Å². The Bertz CT molecular complexity index is 1350. The Kier molecular flexibility index (Phi) is 26.7. The van der Waals surface area contributed by atoms with Crippen LogP contribution >= 0.6 is 0 Å². The second-order valence-corrected chi connectivity index (χ2v) is 14.9. The SMILES string of the molecule is N=C(N)NCCC[C@@H]1NC(=O)[C@H](CCCCN)NC(=O)[C@H](CCCNC(=N)N)NC(=O)[C@H](CCCNC(=N)N)NC(=O)[C@H](CCCCN)NC(=O)[C@H](CCCNC(=N)N)NC1=O. The van der Waals surface area contributed by atoms with E-state index < -0.39 is 71.7 Å². The van der Waals surface area contributed by atoms with Crippen LogP contribution in [0.1, 0.15) is 89.9 Å². The van der Waals surface area contributed by atoms with E-state index in [1.165, 1.54) is 0 Å². The van der Waals surface area contributed by atoms with Gasteiger partial charge in [-0.3, -0.25) is 50.4 Å². The molecule has 0 bridgehead atoms. The van der Waals surface area contributed by atoms with Gasteiger partial charge in [-0.2, -0.15) is 0 Å². The van der Waals surface area contributed by atoms with Crippen LogP contribution in [-0.4, -0.2) is 135 Å². The molecule has 0 unspecified atom stereocenters. The van der Waals surface area contributed by atoms with Crippen molar-refractivity contribution in [3.63, 3.8) is 0 Å². The van der Waals surface area contributed by atoms with Crippen LogP contribution in [0.2, 0.25) is 0 Å². The van der Waals surface area contributed by atoms with Crippen molar-refractivity contribution in [1.29, 1.82) is 21.6 Å². The summed E-state index contributed by atoms with van der Waals surface area (Å²) in [5.74, 6) is -5.65. The number of amides is 6. The summed E-state index contributed by atoms with van der Waals surface area (Å²) in [7, 11) is 0. The first-order valence-electron chi connectivity index (χ1n) is 21.0. The highest BCUT2D eigenvalue weighted by atomic mass is 16.2. The van der Waals surface area contributed by atoms with Gasteiger partial charge in [0.05, 0.1) is 0 Å². The molecule has 1 fully saturated rings. The van der Waals surface area contributed by atoms with Gasteiger partial charge in [-0.05, 0) is 103 Å². The van der Waals surface area contributed by atoms with Crippen molar-refractivity contribution in [2.24, 2.45) is 34.4 Å². The number of carbonyl (C=O) groups excluding carboxylic acids is 6. The van der Waals surface area contributed by atoms with Crippen LogP contribution in [0.25, 0.3) is 0 Å². The van der Waals surface area contributed by atoms with Crippen molar-refractivity contribution >= 4 is 59.3 Å². The fraction of sp³-hybridized carbons (Fsp3) is 0.722. The molecule has 1 aliphatic rings. The zero-order valence-electron chi connectivity index (χ0n) is 35.5. The lowest BCUT2D eigenvalue weighted by Crippen LogP contribution is -2.61. The fourth-order valence-electron chi connectivity index (χ4n) is 6.35. The first-order chi connectivity index (χ1) is 29.5. The molecule has 0 spiro atoms. The molecule has 62 heavy (non-hydrogen) atoms. The maximum Gasteiger partial charge on any atom is 0.243 e. The second-order valence-electron chi connectivity index (χ2n) is 14.9. The van der Waals surface area contributed by atoms with Crippen molar-refractivity contribution in [1.82, 2.24) is 53.2 Å². The molecule has 0 saturated carbocycles. The minimum atomic E-state index is -1.26. The molecule has 1 rings (SSSR count). The molecule has 26 N–H and O–H groups in total. The molecule has 0 aromatic rings. The lowest BCUT2D eigenvalue weighted by Gasteiger charge is -2.29. The van der Waals surface area contributed by atoms with E-state index in [2.05, 4.69) is 53.2 Å². The van der Waals surface area contributed by atoms with Gasteiger partial charge in [-0.15, -0.1) is 0 Å². The van der Waals surface area contributed by atoms with Crippen molar-refractivity contribution in [2.75, 3.05) is 39.3 Å². The highest BCUT2D eigenvalue weighted by molar-refractivity contribution is 5.98. The highest BCUT2D eigenvalue weighted by Crippen LogP contribution is 2.11. The summed E-state index contributed by atoms with van der Waals surface area (Å²) in [4.78, 5) is 84.5. The zero-order chi connectivity index (χ0) is 46.5. The summed E-state index contributed by atoms with van der Waals surface area (Å²) in [6.07, 6.45) is 2.99. The normalized spacial score (nSPS) is 21.6. The molecule has 6 atom stereocenters. The average molecular weight is 881 g/mol. The molecule has 6 amide bonds. The van der Waals surface area contributed by atoms with Gasteiger partial charge in [0.15, 0.2) is 23.8 Å². The predicted octanol–water partition coefficient (Wildman–Crippen LogP) is -5.78. The van der Waals surface area contributed by atoms with E-state index in [9.17, 15) is 28.8 Å². The van der Waals surface area contributed by atoms with Crippen LogP contribution in [0.5, 0.6) is 0 Å². The Balaban J connectivity index is 3.85. The Hall–Kier alpha value is -6.18. The Morgan fingerprint density at radius 1 is 0.355 bits per heavy atom. The van der Waals surface area contributed by atoms with Crippen molar-refractivity contribution in [3.05, 3.63) is 0 Å². The van der Waals surface area contributed by atoms with Crippen LogP contribution in [0.3, 0.4) is 0 Å². The number of unbranched alkanes of at least 4 members (excludes halogenated alkanes) is 2. The molecule has 1 aliphatic heterocycles.